The van der Waals surface area contributed by atoms with Crippen molar-refractivity contribution < 1.29 is 17.9 Å². The summed E-state index contributed by atoms with van der Waals surface area (Å²) in [5.41, 5.74) is 3.18. The Morgan fingerprint density at radius 1 is 1.07 bits per heavy atom. The summed E-state index contributed by atoms with van der Waals surface area (Å²) in [5.74, 6) is 0.355. The molecule has 0 aliphatic heterocycles. The average Bonchev–Trinajstić information content (AvgIpc) is 2.67. The largest absolute Gasteiger partial charge is 0.491 e. The van der Waals surface area contributed by atoms with Crippen molar-refractivity contribution in [3.63, 3.8) is 0 Å². The molecule has 0 bridgehead atoms. The maximum atomic E-state index is 12.9. The van der Waals surface area contributed by atoms with E-state index in [4.69, 9.17) is 4.74 Å². The number of benzene rings is 2. The third kappa shape index (κ3) is 5.96. The van der Waals surface area contributed by atoms with Gasteiger partial charge in [-0.3, -0.25) is 4.79 Å². The van der Waals surface area contributed by atoms with Crippen LogP contribution in [0.25, 0.3) is 0 Å². The van der Waals surface area contributed by atoms with E-state index in [1.54, 1.807) is 6.07 Å². The summed E-state index contributed by atoms with van der Waals surface area (Å²) in [5, 5.41) is 2.83. The fourth-order valence-electron chi connectivity index (χ4n) is 2.90. The van der Waals surface area contributed by atoms with Crippen LogP contribution in [0.1, 0.15) is 23.6 Å². The van der Waals surface area contributed by atoms with Gasteiger partial charge in [0, 0.05) is 14.1 Å². The van der Waals surface area contributed by atoms with Gasteiger partial charge in [0.25, 0.3) is 0 Å². The number of hydrogen-bond acceptors (Lipinski definition) is 4. The fraction of sp³-hybridized carbons (Fsp3) is 0.409. The van der Waals surface area contributed by atoms with Crippen LogP contribution in [0.3, 0.4) is 0 Å². The molecule has 164 valence electrons. The molecule has 1 N–H and O–H groups in total. The van der Waals surface area contributed by atoms with Crippen molar-refractivity contribution in [2.45, 2.75) is 33.7 Å². The standard InChI is InChI=1S/C22H31N3O4S/c1-16-11-12-17(2)20(13-16)25(30(27,28)24(5)6)14-22(26)23-19(4)15-29-21-10-8-7-9-18(21)3/h7-13,19H,14-15H2,1-6H3,(H,23,26)/t19-/m1/s1. The van der Waals surface area contributed by atoms with Gasteiger partial charge in [-0.2, -0.15) is 12.7 Å². The average molecular weight is 434 g/mol. The molecule has 2 aromatic rings. The Labute approximate surface area is 179 Å². The van der Waals surface area contributed by atoms with Crippen LogP contribution in [0.5, 0.6) is 5.75 Å². The van der Waals surface area contributed by atoms with Gasteiger partial charge in [-0.15, -0.1) is 0 Å². The van der Waals surface area contributed by atoms with E-state index in [0.29, 0.717) is 5.69 Å². The van der Waals surface area contributed by atoms with Gasteiger partial charge in [-0.1, -0.05) is 30.3 Å². The first-order valence-corrected chi connectivity index (χ1v) is 11.2. The minimum absolute atomic E-state index is 0.278. The molecule has 8 heteroatoms. The molecule has 0 spiro atoms. The van der Waals surface area contributed by atoms with Gasteiger partial charge in [0.05, 0.1) is 11.7 Å². The molecule has 0 aliphatic rings. The summed E-state index contributed by atoms with van der Waals surface area (Å²) in [6.07, 6.45) is 0. The smallest absolute Gasteiger partial charge is 0.304 e. The number of amides is 1. The highest BCUT2D eigenvalue weighted by Crippen LogP contribution is 2.25. The minimum atomic E-state index is -3.85. The first-order chi connectivity index (χ1) is 14.0. The lowest BCUT2D eigenvalue weighted by Gasteiger charge is -2.29. The van der Waals surface area contributed by atoms with E-state index in [1.807, 2.05) is 64.1 Å². The Balaban J connectivity index is 2.12. The van der Waals surface area contributed by atoms with Gasteiger partial charge in [0.15, 0.2) is 0 Å². The Morgan fingerprint density at radius 3 is 2.37 bits per heavy atom. The van der Waals surface area contributed by atoms with Crippen LogP contribution in [0.15, 0.2) is 42.5 Å². The van der Waals surface area contributed by atoms with Gasteiger partial charge in [-0.05, 0) is 56.5 Å². The number of nitrogens with one attached hydrogen (secondary N) is 1. The Hall–Kier alpha value is -2.58. The third-order valence-electron chi connectivity index (χ3n) is 4.65. The molecule has 30 heavy (non-hydrogen) atoms. The zero-order chi connectivity index (χ0) is 22.5. The van der Waals surface area contributed by atoms with Crippen molar-refractivity contribution in [2.24, 2.45) is 0 Å². The van der Waals surface area contributed by atoms with Crippen molar-refractivity contribution in [2.75, 3.05) is 31.6 Å². The third-order valence-corrected chi connectivity index (χ3v) is 6.46. The van der Waals surface area contributed by atoms with Crippen LogP contribution < -0.4 is 14.4 Å². The van der Waals surface area contributed by atoms with E-state index in [-0.39, 0.29) is 19.2 Å². The number of ether oxygens (including phenoxy) is 1. The molecule has 0 aliphatic carbocycles. The lowest BCUT2D eigenvalue weighted by Crippen LogP contribution is -2.48. The minimum Gasteiger partial charge on any atom is -0.491 e. The van der Waals surface area contributed by atoms with Crippen molar-refractivity contribution >= 4 is 21.8 Å². The van der Waals surface area contributed by atoms with Gasteiger partial charge >= 0.3 is 10.2 Å². The molecular formula is C22H31N3O4S. The summed E-state index contributed by atoms with van der Waals surface area (Å²) in [6.45, 7) is 7.43. The summed E-state index contributed by atoms with van der Waals surface area (Å²) < 4.78 is 33.8. The van der Waals surface area contributed by atoms with Crippen LogP contribution in [0, 0.1) is 20.8 Å². The van der Waals surface area contributed by atoms with Crippen LogP contribution in [0.2, 0.25) is 0 Å². The second kappa shape index (κ2) is 9.95. The molecule has 1 amide bonds. The van der Waals surface area contributed by atoms with Gasteiger partial charge in [0.1, 0.15) is 18.9 Å². The van der Waals surface area contributed by atoms with E-state index in [1.165, 1.54) is 14.1 Å². The Bertz CT molecular complexity index is 990. The number of carbonyl (C=O) groups is 1. The topological polar surface area (TPSA) is 79.0 Å². The quantitative estimate of drug-likeness (QED) is 0.660. The monoisotopic (exact) mass is 433 g/mol. The van der Waals surface area contributed by atoms with E-state index in [0.717, 1.165) is 31.1 Å². The highest BCUT2D eigenvalue weighted by molar-refractivity contribution is 7.90. The Morgan fingerprint density at radius 2 is 1.73 bits per heavy atom. The van der Waals surface area contributed by atoms with E-state index < -0.39 is 16.1 Å². The highest BCUT2D eigenvalue weighted by atomic mass is 32.2. The summed E-state index contributed by atoms with van der Waals surface area (Å²) in [6, 6.07) is 12.9. The maximum absolute atomic E-state index is 12.9. The lowest BCUT2D eigenvalue weighted by molar-refractivity contribution is -0.120. The maximum Gasteiger partial charge on any atom is 0.304 e. The second-order valence-electron chi connectivity index (χ2n) is 7.63. The highest BCUT2D eigenvalue weighted by Gasteiger charge is 2.28. The van der Waals surface area contributed by atoms with Crippen LogP contribution in [-0.4, -0.2) is 51.9 Å². The zero-order valence-corrected chi connectivity index (χ0v) is 19.3. The lowest BCUT2D eigenvalue weighted by atomic mass is 10.1. The molecule has 0 aromatic heterocycles. The van der Waals surface area contributed by atoms with E-state index in [9.17, 15) is 13.2 Å². The molecule has 2 aromatic carbocycles. The van der Waals surface area contributed by atoms with Crippen molar-refractivity contribution in [1.29, 1.82) is 0 Å². The van der Waals surface area contributed by atoms with Crippen molar-refractivity contribution in [1.82, 2.24) is 9.62 Å². The predicted octanol–water partition coefficient (Wildman–Crippen LogP) is 2.81. The van der Waals surface area contributed by atoms with Crippen LogP contribution in [-0.2, 0) is 15.0 Å². The summed E-state index contributed by atoms with van der Waals surface area (Å²) >= 11 is 0. The first kappa shape index (κ1) is 23.7. The number of para-hydroxylation sites is 1. The van der Waals surface area contributed by atoms with Crippen molar-refractivity contribution in [3.05, 3.63) is 59.2 Å². The van der Waals surface area contributed by atoms with E-state index in [2.05, 4.69) is 5.32 Å². The fourth-order valence-corrected chi connectivity index (χ4v) is 4.02. The molecule has 2 rings (SSSR count). The number of rotatable bonds is 9. The van der Waals surface area contributed by atoms with Crippen LogP contribution in [0.4, 0.5) is 5.69 Å². The molecule has 0 heterocycles. The molecule has 1 atom stereocenters. The van der Waals surface area contributed by atoms with Gasteiger partial charge in [0.2, 0.25) is 5.91 Å². The summed E-state index contributed by atoms with van der Waals surface area (Å²) in [4.78, 5) is 12.7. The summed E-state index contributed by atoms with van der Waals surface area (Å²) in [7, 11) is -0.952. The molecule has 0 saturated heterocycles. The molecule has 0 saturated carbocycles. The molecule has 0 unspecified atom stereocenters. The predicted molar refractivity (Wildman–Crippen MR) is 120 cm³/mol. The molecule has 0 fully saturated rings. The number of carbonyl (C=O) groups excluding carboxylic acids is 1. The second-order valence-corrected chi connectivity index (χ2v) is 9.70. The molecule has 0 radical (unpaired) electrons. The van der Waals surface area contributed by atoms with Crippen molar-refractivity contribution in [3.8, 4) is 5.75 Å². The number of aryl methyl sites for hydroxylation is 3. The number of anilines is 1. The zero-order valence-electron chi connectivity index (χ0n) is 18.5. The first-order valence-electron chi connectivity index (χ1n) is 9.77. The Kier molecular flexibility index (Phi) is 7.86. The number of nitrogens with zero attached hydrogens (tertiary/aromatic N) is 2. The number of hydrogen-bond donors (Lipinski definition) is 1. The van der Waals surface area contributed by atoms with Gasteiger partial charge < -0.3 is 10.1 Å². The molecular weight excluding hydrogens is 402 g/mol. The normalized spacial score (nSPS) is 12.5. The molecule has 7 nitrogen and oxygen atoms in total. The van der Waals surface area contributed by atoms with Crippen LogP contribution >= 0.6 is 0 Å². The van der Waals surface area contributed by atoms with E-state index >= 15 is 0 Å². The van der Waals surface area contributed by atoms with Gasteiger partial charge in [-0.25, -0.2) is 4.31 Å². The SMILES string of the molecule is Cc1ccc(C)c(N(CC(=O)N[C@H](C)COc2ccccc2C)S(=O)(=O)N(C)C)c1.